The minimum Gasteiger partial charge on any atom is -0.418 e. The lowest BCUT2D eigenvalue weighted by molar-refractivity contribution is -0.671. The van der Waals surface area contributed by atoms with E-state index in [1.807, 2.05) is 23.2 Å². The lowest BCUT2D eigenvalue weighted by Gasteiger charge is -1.97. The van der Waals surface area contributed by atoms with Crippen LogP contribution in [0, 0.1) is 0 Å². The molecule has 12 heteroatoms. The van der Waals surface area contributed by atoms with E-state index in [2.05, 4.69) is 49.1 Å². The molecule has 2 aromatic rings. The fourth-order valence-electron chi connectivity index (χ4n) is 1.39. The van der Waals surface area contributed by atoms with Gasteiger partial charge in [-0.3, -0.25) is 0 Å². The molecule has 24 heavy (non-hydrogen) atoms. The van der Waals surface area contributed by atoms with Crippen molar-refractivity contribution in [3.8, 4) is 11.1 Å². The number of rotatable bonds is 1. The van der Waals surface area contributed by atoms with Crippen LogP contribution < -0.4 is 9.13 Å². The Morgan fingerprint density at radius 3 is 0.875 bits per heavy atom. The monoisotopic (exact) mass is 360 g/mol. The van der Waals surface area contributed by atoms with Crippen molar-refractivity contribution in [2.45, 2.75) is 0 Å². The molecule has 0 amide bonds. The molecule has 0 spiro atoms. The number of nitrogens with zero attached hydrogens (tertiary/aromatic N) is 2. The Bertz CT molecular complexity index is 529. The third-order valence-electron chi connectivity index (χ3n) is 2.29. The summed E-state index contributed by atoms with van der Waals surface area (Å²) in [6.45, 7) is 0. The predicted octanol–water partition coefficient (Wildman–Crippen LogP) is 3.60. The van der Waals surface area contributed by atoms with Crippen molar-refractivity contribution < 1.29 is 43.7 Å². The van der Waals surface area contributed by atoms with Crippen molar-refractivity contribution in [3.63, 3.8) is 0 Å². The fraction of sp³-hybridized carbons (Fsp3) is 0.167. The van der Waals surface area contributed by atoms with E-state index in [1.165, 1.54) is 11.1 Å². The van der Waals surface area contributed by atoms with Crippen molar-refractivity contribution in [1.29, 1.82) is 0 Å². The summed E-state index contributed by atoms with van der Waals surface area (Å²) < 4.78 is 82.1. The van der Waals surface area contributed by atoms with Gasteiger partial charge in [-0.15, -0.1) is 0 Å². The second-order valence-corrected chi connectivity index (χ2v) is 4.49. The van der Waals surface area contributed by atoms with Crippen LogP contribution in [0.4, 0.5) is 34.5 Å². The van der Waals surface area contributed by atoms with E-state index in [-0.39, 0.29) is 0 Å². The molecule has 0 aliphatic heterocycles. The molecule has 0 N–H and O–H groups in total. The number of aromatic nitrogens is 2. The molecule has 0 radical (unpaired) electrons. The molecule has 0 aliphatic carbocycles. The van der Waals surface area contributed by atoms with Crippen LogP contribution in [0.25, 0.3) is 11.1 Å². The highest BCUT2D eigenvalue weighted by Crippen LogP contribution is 2.15. The Balaban J connectivity index is 0.000000442. The first-order chi connectivity index (χ1) is 10.8. The minimum atomic E-state index is -6.00. The molecule has 0 unspecified atom stereocenters. The largest absolute Gasteiger partial charge is 0.673 e. The van der Waals surface area contributed by atoms with E-state index < -0.39 is 14.5 Å². The Morgan fingerprint density at radius 1 is 0.542 bits per heavy atom. The molecule has 0 fully saturated rings. The van der Waals surface area contributed by atoms with Crippen molar-refractivity contribution in [1.82, 2.24) is 0 Å². The summed E-state index contributed by atoms with van der Waals surface area (Å²) in [5.74, 6) is 0. The predicted molar refractivity (Wildman–Crippen MR) is 74.6 cm³/mol. The van der Waals surface area contributed by atoms with E-state index in [0.29, 0.717) is 0 Å². The van der Waals surface area contributed by atoms with Crippen LogP contribution in [-0.2, 0) is 14.1 Å². The Labute approximate surface area is 133 Å². The molecule has 0 aliphatic rings. The topological polar surface area (TPSA) is 7.76 Å². The zero-order chi connectivity index (χ0) is 19.0. The third kappa shape index (κ3) is 14.8. The molecule has 2 heterocycles. The maximum absolute atomic E-state index is 9.75. The highest BCUT2D eigenvalue weighted by atomic mass is 19.5. The average molecular weight is 360 g/mol. The lowest BCUT2D eigenvalue weighted by Crippen LogP contribution is -2.26. The van der Waals surface area contributed by atoms with Gasteiger partial charge < -0.3 is 34.5 Å². The van der Waals surface area contributed by atoms with E-state index in [9.17, 15) is 34.5 Å². The fourth-order valence-corrected chi connectivity index (χ4v) is 1.39. The van der Waals surface area contributed by atoms with Crippen LogP contribution in [-0.4, -0.2) is 14.5 Å². The van der Waals surface area contributed by atoms with Crippen LogP contribution in [0.5, 0.6) is 0 Å². The van der Waals surface area contributed by atoms with Crippen LogP contribution in [0.15, 0.2) is 49.1 Å². The van der Waals surface area contributed by atoms with Crippen molar-refractivity contribution in [3.05, 3.63) is 49.1 Å². The molecule has 0 bridgehead atoms. The zero-order valence-electron chi connectivity index (χ0n) is 12.7. The molecule has 2 rings (SSSR count). The van der Waals surface area contributed by atoms with Crippen LogP contribution >= 0.6 is 0 Å². The third-order valence-corrected chi connectivity index (χ3v) is 2.29. The van der Waals surface area contributed by atoms with Crippen molar-refractivity contribution >= 4 is 14.5 Å². The summed E-state index contributed by atoms with van der Waals surface area (Å²) in [6.07, 6.45) is 8.23. The van der Waals surface area contributed by atoms with Gasteiger partial charge in [0.25, 0.3) is 0 Å². The first-order valence-corrected chi connectivity index (χ1v) is 6.41. The Morgan fingerprint density at radius 2 is 0.708 bits per heavy atom. The minimum absolute atomic E-state index is 1.25. The summed E-state index contributed by atoms with van der Waals surface area (Å²) in [6, 6.07) is 8.48. The van der Waals surface area contributed by atoms with Crippen molar-refractivity contribution in [2.75, 3.05) is 0 Å². The van der Waals surface area contributed by atoms with Gasteiger partial charge in [0.1, 0.15) is 14.1 Å². The number of hydrogen-bond donors (Lipinski definition) is 0. The van der Waals surface area contributed by atoms with E-state index >= 15 is 0 Å². The number of pyridine rings is 2. The summed E-state index contributed by atoms with van der Waals surface area (Å²) >= 11 is 0. The molecule has 2 aromatic heterocycles. The van der Waals surface area contributed by atoms with E-state index in [4.69, 9.17) is 0 Å². The van der Waals surface area contributed by atoms with Gasteiger partial charge in [0.2, 0.25) is 0 Å². The summed E-state index contributed by atoms with van der Waals surface area (Å²) in [5.41, 5.74) is 2.51. The van der Waals surface area contributed by atoms with Gasteiger partial charge >= 0.3 is 14.5 Å². The second-order valence-electron chi connectivity index (χ2n) is 4.49. The van der Waals surface area contributed by atoms with Crippen molar-refractivity contribution in [2.24, 2.45) is 14.1 Å². The normalized spacial score (nSPS) is 10.9. The standard InChI is InChI=1S/C12H14N2.2BF4/c1-13-7-3-11(4-8-13)12-5-9-14(2)10-6-12;2*2-1(3,4)5/h3-10H,1-2H3;;/q+2;2*-1. The zero-order valence-corrected chi connectivity index (χ0v) is 12.7. The smallest absolute Gasteiger partial charge is 0.418 e. The number of hydrogen-bond acceptors (Lipinski definition) is 0. The highest BCUT2D eigenvalue weighted by molar-refractivity contribution is 6.50. The molecular weight excluding hydrogens is 346 g/mol. The maximum atomic E-state index is 9.75. The maximum Gasteiger partial charge on any atom is 0.673 e. The van der Waals surface area contributed by atoms with Gasteiger partial charge in [0.15, 0.2) is 24.8 Å². The van der Waals surface area contributed by atoms with Gasteiger partial charge in [-0.25, -0.2) is 9.13 Å². The quantitative estimate of drug-likeness (QED) is 0.417. The molecule has 0 atom stereocenters. The van der Waals surface area contributed by atoms with Gasteiger partial charge in [-0.05, 0) is 11.1 Å². The average Bonchev–Trinajstić information content (AvgIpc) is 2.37. The van der Waals surface area contributed by atoms with E-state index in [0.717, 1.165) is 0 Å². The van der Waals surface area contributed by atoms with E-state index in [1.54, 1.807) is 0 Å². The molecule has 0 saturated heterocycles. The SMILES string of the molecule is C[n+]1ccc(-c2cc[n+](C)cc2)cc1.F[B-](F)(F)F.F[B-](F)(F)F. The van der Waals surface area contributed by atoms with Crippen LogP contribution in [0.1, 0.15) is 0 Å². The second kappa shape index (κ2) is 9.24. The van der Waals surface area contributed by atoms with Gasteiger partial charge in [0, 0.05) is 24.3 Å². The molecule has 2 nitrogen and oxygen atoms in total. The Kier molecular flexibility index (Phi) is 8.42. The summed E-state index contributed by atoms with van der Waals surface area (Å²) in [5, 5.41) is 0. The molecular formula is C12H14B2F8N2. The molecule has 0 saturated carbocycles. The van der Waals surface area contributed by atoms with Gasteiger partial charge in [0.05, 0.1) is 0 Å². The summed E-state index contributed by atoms with van der Waals surface area (Å²) in [4.78, 5) is 0. The van der Waals surface area contributed by atoms with Crippen LogP contribution in [0.2, 0.25) is 0 Å². The first-order valence-electron chi connectivity index (χ1n) is 6.41. The lowest BCUT2D eigenvalue weighted by atomic mass is 10.1. The number of aryl methyl sites for hydroxylation is 2. The summed E-state index contributed by atoms with van der Waals surface area (Å²) in [7, 11) is -7.95. The Hall–Kier alpha value is -2.13. The highest BCUT2D eigenvalue weighted by Gasteiger charge is 2.21. The molecule has 134 valence electrons. The van der Waals surface area contributed by atoms with Gasteiger partial charge in [-0.2, -0.15) is 0 Å². The molecule has 0 aromatic carbocycles. The van der Waals surface area contributed by atoms with Crippen LogP contribution in [0.3, 0.4) is 0 Å². The van der Waals surface area contributed by atoms with Gasteiger partial charge in [-0.1, -0.05) is 0 Å². The first kappa shape index (κ1) is 21.9. The number of halogens is 8.